The molecule has 1 aromatic rings. The Balaban J connectivity index is 1.87. The van der Waals surface area contributed by atoms with E-state index in [-0.39, 0.29) is 11.8 Å². The number of anilines is 1. The maximum Gasteiger partial charge on any atom is 0.225 e. The van der Waals surface area contributed by atoms with Gasteiger partial charge in [-0.2, -0.15) is 0 Å². The fraction of sp³-hybridized carbons (Fsp3) is 0.529. The quantitative estimate of drug-likeness (QED) is 0.828. The lowest BCUT2D eigenvalue weighted by molar-refractivity contribution is -0.130. The number of methoxy groups -OCH3 is 2. The first-order chi connectivity index (χ1) is 11.9. The normalized spacial score (nSPS) is 15.0. The minimum atomic E-state index is -0.114. The molecule has 0 unspecified atom stereocenters. The van der Waals surface area contributed by atoms with Crippen molar-refractivity contribution in [2.75, 3.05) is 52.3 Å². The van der Waals surface area contributed by atoms with E-state index in [2.05, 4.69) is 10.2 Å². The zero-order valence-electron chi connectivity index (χ0n) is 14.8. The summed E-state index contributed by atoms with van der Waals surface area (Å²) in [7, 11) is 3.03. The van der Waals surface area contributed by atoms with Gasteiger partial charge in [0.05, 0.1) is 24.9 Å². The average molecular weight is 370 g/mol. The highest BCUT2D eigenvalue weighted by Gasteiger charge is 2.19. The molecule has 0 radical (unpaired) electrons. The monoisotopic (exact) mass is 369 g/mol. The molecule has 0 bridgehead atoms. The van der Waals surface area contributed by atoms with E-state index in [0.29, 0.717) is 48.3 Å². The average Bonchev–Trinajstić information content (AvgIpc) is 2.61. The van der Waals surface area contributed by atoms with Gasteiger partial charge in [-0.25, -0.2) is 0 Å². The highest BCUT2D eigenvalue weighted by Crippen LogP contribution is 2.35. The molecule has 138 valence electrons. The molecule has 8 heteroatoms. The Labute approximate surface area is 152 Å². The van der Waals surface area contributed by atoms with Crippen molar-refractivity contribution in [3.63, 3.8) is 0 Å². The summed E-state index contributed by atoms with van der Waals surface area (Å²) in [6, 6.07) is 3.25. The van der Waals surface area contributed by atoms with Gasteiger partial charge in [-0.1, -0.05) is 11.6 Å². The van der Waals surface area contributed by atoms with Crippen LogP contribution in [0.1, 0.15) is 13.3 Å². The molecule has 25 heavy (non-hydrogen) atoms. The highest BCUT2D eigenvalue weighted by molar-refractivity contribution is 6.32. The van der Waals surface area contributed by atoms with E-state index in [4.69, 9.17) is 21.1 Å². The first kappa shape index (κ1) is 19.3. The first-order valence-corrected chi connectivity index (χ1v) is 8.51. The third kappa shape index (κ3) is 5.24. The molecule has 0 spiro atoms. The number of hydrogen-bond acceptors (Lipinski definition) is 5. The van der Waals surface area contributed by atoms with Gasteiger partial charge >= 0.3 is 0 Å². The van der Waals surface area contributed by atoms with Crippen LogP contribution in [0.4, 0.5) is 5.69 Å². The van der Waals surface area contributed by atoms with E-state index < -0.39 is 0 Å². The fourth-order valence-corrected chi connectivity index (χ4v) is 2.95. The number of halogens is 1. The number of hydrogen-bond donors (Lipinski definition) is 1. The number of carbonyl (C=O) groups excluding carboxylic acids is 2. The van der Waals surface area contributed by atoms with Crippen molar-refractivity contribution in [3.8, 4) is 11.5 Å². The van der Waals surface area contributed by atoms with Gasteiger partial charge in [-0.15, -0.1) is 0 Å². The van der Waals surface area contributed by atoms with Crippen LogP contribution in [-0.2, 0) is 9.59 Å². The lowest BCUT2D eigenvalue weighted by Gasteiger charge is -2.34. The van der Waals surface area contributed by atoms with Crippen molar-refractivity contribution in [3.05, 3.63) is 17.2 Å². The topological polar surface area (TPSA) is 71.1 Å². The number of ether oxygens (including phenoxy) is 2. The summed E-state index contributed by atoms with van der Waals surface area (Å²) in [5.74, 6) is 0.935. The Morgan fingerprint density at radius 3 is 2.32 bits per heavy atom. The predicted octanol–water partition coefficient (Wildman–Crippen LogP) is 1.85. The fourth-order valence-electron chi connectivity index (χ4n) is 2.72. The molecule has 0 atom stereocenters. The molecule has 2 amide bonds. The van der Waals surface area contributed by atoms with Gasteiger partial charge in [0, 0.05) is 58.2 Å². The summed E-state index contributed by atoms with van der Waals surface area (Å²) in [5, 5.41) is 3.25. The molecule has 0 aliphatic carbocycles. The zero-order valence-corrected chi connectivity index (χ0v) is 15.6. The van der Waals surface area contributed by atoms with Crippen molar-refractivity contribution in [2.24, 2.45) is 0 Å². The van der Waals surface area contributed by atoms with Gasteiger partial charge in [0.1, 0.15) is 11.5 Å². The van der Waals surface area contributed by atoms with Crippen LogP contribution in [0.25, 0.3) is 0 Å². The molecule has 7 nitrogen and oxygen atoms in total. The second-order valence-corrected chi connectivity index (χ2v) is 6.24. The van der Waals surface area contributed by atoms with E-state index >= 15 is 0 Å². The highest BCUT2D eigenvalue weighted by atomic mass is 35.5. The molecule has 1 N–H and O–H groups in total. The number of rotatable bonds is 6. The lowest BCUT2D eigenvalue weighted by atomic mass is 10.2. The SMILES string of the molecule is COc1cc(NC(=O)CCN2CCN(C(C)=O)CC2)c(OC)cc1Cl. The second-order valence-electron chi connectivity index (χ2n) is 5.83. The summed E-state index contributed by atoms with van der Waals surface area (Å²) in [6.45, 7) is 5.20. The van der Waals surface area contributed by atoms with E-state index in [0.717, 1.165) is 13.1 Å². The summed E-state index contributed by atoms with van der Waals surface area (Å²) in [5.41, 5.74) is 0.523. The van der Waals surface area contributed by atoms with Crippen molar-refractivity contribution < 1.29 is 19.1 Å². The molecule has 1 aromatic carbocycles. The minimum absolute atomic E-state index is 0.0983. The Kier molecular flexibility index (Phi) is 6.90. The van der Waals surface area contributed by atoms with Crippen LogP contribution in [0.5, 0.6) is 11.5 Å². The number of benzene rings is 1. The summed E-state index contributed by atoms with van der Waals surface area (Å²) < 4.78 is 10.4. The number of piperazine rings is 1. The van der Waals surface area contributed by atoms with E-state index in [9.17, 15) is 9.59 Å². The van der Waals surface area contributed by atoms with Gasteiger partial charge in [0.2, 0.25) is 11.8 Å². The zero-order chi connectivity index (χ0) is 18.4. The van der Waals surface area contributed by atoms with Crippen molar-refractivity contribution in [1.29, 1.82) is 0 Å². The Bertz CT molecular complexity index is 631. The number of carbonyl (C=O) groups is 2. The van der Waals surface area contributed by atoms with E-state index in [1.807, 2.05) is 4.90 Å². The molecule has 0 aromatic heterocycles. The predicted molar refractivity (Wildman–Crippen MR) is 96.5 cm³/mol. The van der Waals surface area contributed by atoms with Crippen LogP contribution in [-0.4, -0.2) is 68.6 Å². The molecule has 1 saturated heterocycles. The van der Waals surface area contributed by atoms with Gasteiger partial charge < -0.3 is 19.7 Å². The van der Waals surface area contributed by atoms with Gasteiger partial charge in [0.25, 0.3) is 0 Å². The Hall–Kier alpha value is -1.99. The third-order valence-corrected chi connectivity index (χ3v) is 4.52. The number of nitrogens with one attached hydrogen (secondary N) is 1. The summed E-state index contributed by atoms with van der Waals surface area (Å²) >= 11 is 6.06. The molecule has 1 aliphatic rings. The number of nitrogens with zero attached hydrogens (tertiary/aromatic N) is 2. The molecule has 0 saturated carbocycles. The van der Waals surface area contributed by atoms with E-state index in [1.165, 1.54) is 14.2 Å². The molecule has 2 rings (SSSR count). The molecule has 1 heterocycles. The third-order valence-electron chi connectivity index (χ3n) is 4.22. The largest absolute Gasteiger partial charge is 0.495 e. The van der Waals surface area contributed by atoms with Crippen LogP contribution >= 0.6 is 11.6 Å². The maximum atomic E-state index is 12.2. The van der Waals surface area contributed by atoms with Crippen molar-refractivity contribution in [2.45, 2.75) is 13.3 Å². The summed E-state index contributed by atoms with van der Waals surface area (Å²) in [4.78, 5) is 27.6. The summed E-state index contributed by atoms with van der Waals surface area (Å²) in [6.07, 6.45) is 0.355. The maximum absolute atomic E-state index is 12.2. The van der Waals surface area contributed by atoms with Gasteiger partial charge in [-0.3, -0.25) is 14.5 Å². The van der Waals surface area contributed by atoms with Gasteiger partial charge in [-0.05, 0) is 0 Å². The Morgan fingerprint density at radius 2 is 1.76 bits per heavy atom. The van der Waals surface area contributed by atoms with Crippen molar-refractivity contribution >= 4 is 29.1 Å². The van der Waals surface area contributed by atoms with Crippen LogP contribution in [0.15, 0.2) is 12.1 Å². The first-order valence-electron chi connectivity index (χ1n) is 8.13. The smallest absolute Gasteiger partial charge is 0.225 e. The molecule has 1 fully saturated rings. The molecule has 1 aliphatic heterocycles. The van der Waals surface area contributed by atoms with Crippen LogP contribution in [0.3, 0.4) is 0 Å². The van der Waals surface area contributed by atoms with Crippen LogP contribution in [0, 0.1) is 0 Å². The standard InChI is InChI=1S/C17H24ClN3O4/c1-12(22)21-8-6-20(7-9-21)5-4-17(23)19-14-11-15(24-2)13(18)10-16(14)25-3/h10-11H,4-9H2,1-3H3,(H,19,23). The van der Waals surface area contributed by atoms with Crippen LogP contribution < -0.4 is 14.8 Å². The van der Waals surface area contributed by atoms with Crippen molar-refractivity contribution in [1.82, 2.24) is 9.80 Å². The Morgan fingerprint density at radius 1 is 1.12 bits per heavy atom. The minimum Gasteiger partial charge on any atom is -0.495 e. The molecular formula is C17H24ClN3O4. The molecular weight excluding hydrogens is 346 g/mol. The van der Waals surface area contributed by atoms with Gasteiger partial charge in [0.15, 0.2) is 0 Å². The number of amides is 2. The lowest BCUT2D eigenvalue weighted by Crippen LogP contribution is -2.48. The van der Waals surface area contributed by atoms with E-state index in [1.54, 1.807) is 19.1 Å². The second kappa shape index (κ2) is 8.92. The van der Waals surface area contributed by atoms with Crippen LogP contribution in [0.2, 0.25) is 5.02 Å².